The molecule has 0 bridgehead atoms. The first-order valence-electron chi connectivity index (χ1n) is 4.57. The lowest BCUT2D eigenvalue weighted by Crippen LogP contribution is -2.35. The molecular weight excluding hydrogens is 245 g/mol. The SMILES string of the molecule is CCOC(=O)NN=C(C(=O)OCC)C(F)(F)F. The second-order valence-corrected chi connectivity index (χ2v) is 2.51. The van der Waals surface area contributed by atoms with E-state index in [2.05, 4.69) is 14.6 Å². The van der Waals surface area contributed by atoms with Gasteiger partial charge in [-0.15, -0.1) is 0 Å². The highest BCUT2D eigenvalue weighted by molar-refractivity contribution is 6.38. The maximum atomic E-state index is 12.3. The molecule has 0 heterocycles. The number of nitrogens with one attached hydrogen (secondary N) is 1. The molecule has 0 aliphatic heterocycles. The maximum Gasteiger partial charge on any atom is 0.442 e. The van der Waals surface area contributed by atoms with Crippen LogP contribution in [0.5, 0.6) is 0 Å². The van der Waals surface area contributed by atoms with Crippen molar-refractivity contribution in [2.24, 2.45) is 5.10 Å². The van der Waals surface area contributed by atoms with Gasteiger partial charge in [0.2, 0.25) is 5.71 Å². The summed E-state index contributed by atoms with van der Waals surface area (Å²) in [5.41, 5.74) is -0.419. The summed E-state index contributed by atoms with van der Waals surface area (Å²) in [7, 11) is 0. The van der Waals surface area contributed by atoms with E-state index < -0.39 is 24.0 Å². The predicted octanol–water partition coefficient (Wildman–Crippen LogP) is 1.21. The Bertz CT molecular complexity index is 314. The van der Waals surface area contributed by atoms with Crippen LogP contribution in [0.2, 0.25) is 0 Å². The largest absolute Gasteiger partial charge is 0.461 e. The van der Waals surface area contributed by atoms with Gasteiger partial charge >= 0.3 is 18.2 Å². The van der Waals surface area contributed by atoms with Gasteiger partial charge in [-0.25, -0.2) is 15.0 Å². The zero-order valence-electron chi connectivity index (χ0n) is 9.13. The number of ether oxygens (including phenoxy) is 2. The van der Waals surface area contributed by atoms with Gasteiger partial charge in [0.05, 0.1) is 13.2 Å². The Morgan fingerprint density at radius 2 is 1.71 bits per heavy atom. The van der Waals surface area contributed by atoms with E-state index in [1.807, 2.05) is 0 Å². The highest BCUT2D eigenvalue weighted by Gasteiger charge is 2.42. The Kier molecular flexibility index (Phi) is 6.00. The third-order valence-corrected chi connectivity index (χ3v) is 1.27. The number of nitrogens with zero attached hydrogens (tertiary/aromatic N) is 1. The zero-order chi connectivity index (χ0) is 13.5. The Labute approximate surface area is 94.8 Å². The van der Waals surface area contributed by atoms with Gasteiger partial charge in [-0.1, -0.05) is 0 Å². The van der Waals surface area contributed by atoms with Crippen molar-refractivity contribution in [3.63, 3.8) is 0 Å². The number of rotatable bonds is 4. The Morgan fingerprint density at radius 3 is 2.12 bits per heavy atom. The second kappa shape index (κ2) is 6.71. The van der Waals surface area contributed by atoms with E-state index in [9.17, 15) is 22.8 Å². The van der Waals surface area contributed by atoms with Gasteiger partial charge < -0.3 is 9.47 Å². The van der Waals surface area contributed by atoms with Gasteiger partial charge in [-0.2, -0.15) is 18.3 Å². The van der Waals surface area contributed by atoms with E-state index in [0.717, 1.165) is 0 Å². The summed E-state index contributed by atoms with van der Waals surface area (Å²) in [6.45, 7) is 2.51. The lowest BCUT2D eigenvalue weighted by atomic mass is 10.4. The molecule has 0 aromatic heterocycles. The van der Waals surface area contributed by atoms with Crippen LogP contribution in [0.1, 0.15) is 13.8 Å². The van der Waals surface area contributed by atoms with Gasteiger partial charge in [-0.05, 0) is 13.8 Å². The van der Waals surface area contributed by atoms with Crippen molar-refractivity contribution < 1.29 is 32.2 Å². The van der Waals surface area contributed by atoms with Crippen LogP contribution >= 0.6 is 0 Å². The monoisotopic (exact) mass is 256 g/mol. The molecule has 1 N–H and O–H groups in total. The highest BCUT2D eigenvalue weighted by atomic mass is 19.4. The number of esters is 1. The average Bonchev–Trinajstić information content (AvgIpc) is 2.16. The maximum absolute atomic E-state index is 12.3. The summed E-state index contributed by atoms with van der Waals surface area (Å²) in [6.07, 6.45) is -6.22. The Hall–Kier alpha value is -1.80. The number of amides is 1. The average molecular weight is 256 g/mol. The van der Waals surface area contributed by atoms with Crippen LogP contribution in [-0.4, -0.2) is 37.2 Å². The van der Waals surface area contributed by atoms with Crippen LogP contribution in [0.15, 0.2) is 5.10 Å². The molecule has 98 valence electrons. The number of carbonyl (C=O) groups is 2. The quantitative estimate of drug-likeness (QED) is 0.466. The highest BCUT2D eigenvalue weighted by Crippen LogP contribution is 2.18. The first-order chi connectivity index (χ1) is 7.82. The van der Waals surface area contributed by atoms with Gasteiger partial charge in [0, 0.05) is 0 Å². The first-order valence-corrected chi connectivity index (χ1v) is 4.57. The molecule has 6 nitrogen and oxygen atoms in total. The third kappa shape index (κ3) is 5.73. The Morgan fingerprint density at radius 1 is 1.18 bits per heavy atom. The van der Waals surface area contributed by atoms with Crippen molar-refractivity contribution in [2.75, 3.05) is 13.2 Å². The fraction of sp³-hybridized carbons (Fsp3) is 0.625. The minimum Gasteiger partial charge on any atom is -0.461 e. The lowest BCUT2D eigenvalue weighted by Gasteiger charge is -2.09. The molecule has 0 rings (SSSR count). The van der Waals surface area contributed by atoms with Crippen LogP contribution in [0.25, 0.3) is 0 Å². The number of hydrogen-bond donors (Lipinski definition) is 1. The van der Waals surface area contributed by atoms with E-state index in [1.54, 1.807) is 0 Å². The summed E-state index contributed by atoms with van der Waals surface area (Å²) in [5.74, 6) is -1.67. The molecule has 0 aliphatic carbocycles. The van der Waals surface area contributed by atoms with Crippen molar-refractivity contribution in [2.45, 2.75) is 20.0 Å². The molecule has 9 heteroatoms. The first kappa shape index (κ1) is 15.2. The lowest BCUT2D eigenvalue weighted by molar-refractivity contribution is -0.139. The second-order valence-electron chi connectivity index (χ2n) is 2.51. The molecule has 0 saturated heterocycles. The molecule has 0 aromatic carbocycles. The number of halogens is 3. The van der Waals surface area contributed by atoms with Crippen LogP contribution in [0.4, 0.5) is 18.0 Å². The minimum atomic E-state index is -5.02. The normalized spacial score (nSPS) is 11.9. The molecule has 0 aromatic rings. The van der Waals surface area contributed by atoms with Crippen LogP contribution in [0, 0.1) is 0 Å². The third-order valence-electron chi connectivity index (χ3n) is 1.27. The molecule has 0 saturated carbocycles. The summed E-state index contributed by atoms with van der Waals surface area (Å²) >= 11 is 0. The molecular formula is C8H11F3N2O4. The molecule has 0 radical (unpaired) electrons. The molecule has 0 unspecified atom stereocenters. The smallest absolute Gasteiger partial charge is 0.442 e. The summed E-state index contributed by atoms with van der Waals surface area (Å²) in [4.78, 5) is 21.6. The van der Waals surface area contributed by atoms with Gasteiger partial charge in [0.25, 0.3) is 0 Å². The number of alkyl halides is 3. The van der Waals surface area contributed by atoms with Crippen LogP contribution in [0.3, 0.4) is 0 Å². The van der Waals surface area contributed by atoms with Crippen LogP contribution in [-0.2, 0) is 14.3 Å². The minimum absolute atomic E-state index is 0.0396. The summed E-state index contributed by atoms with van der Waals surface area (Å²) < 4.78 is 45.3. The molecule has 1 amide bonds. The fourth-order valence-electron chi connectivity index (χ4n) is 0.689. The summed E-state index contributed by atoms with van der Waals surface area (Å²) in [6, 6.07) is 0. The zero-order valence-corrected chi connectivity index (χ0v) is 9.13. The van der Waals surface area contributed by atoms with Crippen molar-refractivity contribution in [3.8, 4) is 0 Å². The molecule has 17 heavy (non-hydrogen) atoms. The van der Waals surface area contributed by atoms with E-state index in [1.165, 1.54) is 19.3 Å². The van der Waals surface area contributed by atoms with Gasteiger partial charge in [0.15, 0.2) is 0 Å². The van der Waals surface area contributed by atoms with E-state index in [-0.39, 0.29) is 13.2 Å². The van der Waals surface area contributed by atoms with Crippen molar-refractivity contribution in [1.29, 1.82) is 0 Å². The predicted molar refractivity (Wildman–Crippen MR) is 50.3 cm³/mol. The van der Waals surface area contributed by atoms with Crippen molar-refractivity contribution >= 4 is 17.8 Å². The number of hydrazone groups is 1. The van der Waals surface area contributed by atoms with Crippen molar-refractivity contribution in [1.82, 2.24) is 5.43 Å². The number of hydrogen-bond acceptors (Lipinski definition) is 5. The molecule has 0 aliphatic rings. The molecule has 0 atom stereocenters. The summed E-state index contributed by atoms with van der Waals surface area (Å²) in [5, 5.41) is 2.62. The van der Waals surface area contributed by atoms with Crippen molar-refractivity contribution in [3.05, 3.63) is 0 Å². The van der Waals surface area contributed by atoms with Gasteiger partial charge in [-0.3, -0.25) is 0 Å². The van der Waals surface area contributed by atoms with E-state index in [0.29, 0.717) is 0 Å². The van der Waals surface area contributed by atoms with Gasteiger partial charge in [0.1, 0.15) is 0 Å². The number of carbonyl (C=O) groups excluding carboxylic acids is 2. The standard InChI is InChI=1S/C8H11F3N2O4/c1-3-16-6(14)5(8(9,10)11)12-13-7(15)17-4-2/h3-4H2,1-2H3,(H,13,15). The fourth-order valence-corrected chi connectivity index (χ4v) is 0.689. The Balaban J connectivity index is 4.76. The topological polar surface area (TPSA) is 77.0 Å². The van der Waals surface area contributed by atoms with Crippen LogP contribution < -0.4 is 5.43 Å². The van der Waals surface area contributed by atoms with E-state index >= 15 is 0 Å². The molecule has 0 spiro atoms. The van der Waals surface area contributed by atoms with E-state index in [4.69, 9.17) is 0 Å². The molecule has 0 fully saturated rings.